The number of hydrogen-bond acceptors (Lipinski definition) is 3. The predicted octanol–water partition coefficient (Wildman–Crippen LogP) is 2.21. The van der Waals surface area contributed by atoms with Crippen molar-refractivity contribution in [3.05, 3.63) is 12.2 Å². The maximum absolute atomic E-state index is 10.4. The molecule has 0 N–H and O–H groups in total. The molecule has 0 unspecified atom stereocenters. The van der Waals surface area contributed by atoms with E-state index in [1.54, 1.807) is 6.92 Å². The zero-order chi connectivity index (χ0) is 7.98. The molecule has 0 aliphatic heterocycles. The Bertz CT molecular complexity index is 161. The molecule has 0 heterocycles. The molecular weight excluding hydrogens is 164 g/mol. The van der Waals surface area contributed by atoms with Crippen LogP contribution in [-0.4, -0.2) is 15.7 Å². The first-order valence-corrected chi connectivity index (χ1v) is 4.35. The summed E-state index contributed by atoms with van der Waals surface area (Å²) in [6.45, 7) is 3.46. The van der Waals surface area contributed by atoms with Crippen LogP contribution in [0.3, 0.4) is 0 Å². The SMILES string of the molecule is C/C=C/C(=S)SCC(C)=O. The van der Waals surface area contributed by atoms with Crippen LogP contribution < -0.4 is 0 Å². The van der Waals surface area contributed by atoms with Crippen molar-refractivity contribution < 1.29 is 4.79 Å². The molecule has 0 aliphatic rings. The maximum atomic E-state index is 10.4. The van der Waals surface area contributed by atoms with E-state index >= 15 is 0 Å². The number of Topliss-reactive ketones (excluding diaryl/α,β-unsaturated/α-hetero) is 1. The van der Waals surface area contributed by atoms with Gasteiger partial charge in [-0.2, -0.15) is 0 Å². The second-order valence-electron chi connectivity index (χ2n) is 1.81. The molecule has 10 heavy (non-hydrogen) atoms. The Labute approximate surface area is 70.9 Å². The number of thioether (sulfide) groups is 1. The third-order valence-corrected chi connectivity index (χ3v) is 2.18. The first-order valence-electron chi connectivity index (χ1n) is 2.95. The van der Waals surface area contributed by atoms with Crippen LogP contribution in [0.2, 0.25) is 0 Å². The van der Waals surface area contributed by atoms with Gasteiger partial charge in [-0.25, -0.2) is 0 Å². The Balaban J connectivity index is 3.50. The van der Waals surface area contributed by atoms with E-state index < -0.39 is 0 Å². The van der Waals surface area contributed by atoms with E-state index in [-0.39, 0.29) is 5.78 Å². The fourth-order valence-electron chi connectivity index (χ4n) is 0.357. The molecule has 0 amide bonds. The monoisotopic (exact) mass is 174 g/mol. The van der Waals surface area contributed by atoms with Crippen LogP contribution in [0.1, 0.15) is 13.8 Å². The first kappa shape index (κ1) is 9.85. The summed E-state index contributed by atoms with van der Waals surface area (Å²) in [6, 6.07) is 0. The van der Waals surface area contributed by atoms with Crippen LogP contribution in [-0.2, 0) is 4.79 Å². The highest BCUT2D eigenvalue weighted by atomic mass is 32.2. The van der Waals surface area contributed by atoms with Gasteiger partial charge in [0.05, 0.1) is 9.95 Å². The topological polar surface area (TPSA) is 17.1 Å². The van der Waals surface area contributed by atoms with Crippen LogP contribution >= 0.6 is 24.0 Å². The standard InChI is InChI=1S/C7H10OS2/c1-3-4-7(9)10-5-6(2)8/h3-4H,5H2,1-2H3/b4-3+. The van der Waals surface area contributed by atoms with Gasteiger partial charge < -0.3 is 0 Å². The van der Waals surface area contributed by atoms with Gasteiger partial charge in [0, 0.05) is 0 Å². The average Bonchev–Trinajstić information content (AvgIpc) is 1.85. The second kappa shape index (κ2) is 5.62. The van der Waals surface area contributed by atoms with Crippen molar-refractivity contribution in [1.82, 2.24) is 0 Å². The van der Waals surface area contributed by atoms with Gasteiger partial charge in [0.1, 0.15) is 5.78 Å². The summed E-state index contributed by atoms with van der Waals surface area (Å²) in [6.07, 6.45) is 3.69. The van der Waals surface area contributed by atoms with Gasteiger partial charge in [-0.3, -0.25) is 4.79 Å². The molecule has 0 fully saturated rings. The van der Waals surface area contributed by atoms with Crippen LogP contribution in [0.15, 0.2) is 12.2 Å². The average molecular weight is 174 g/mol. The Morgan fingerprint density at radius 3 is 2.70 bits per heavy atom. The Kier molecular flexibility index (Phi) is 5.54. The molecule has 0 aliphatic carbocycles. The number of carbonyl (C=O) groups is 1. The van der Waals surface area contributed by atoms with Gasteiger partial charge in [-0.05, 0) is 19.9 Å². The highest BCUT2D eigenvalue weighted by Crippen LogP contribution is 2.04. The number of thiocarbonyl (C=S) groups is 1. The number of ketones is 1. The number of hydrogen-bond donors (Lipinski definition) is 0. The lowest BCUT2D eigenvalue weighted by atomic mass is 10.5. The van der Waals surface area contributed by atoms with Crippen LogP contribution in [0.25, 0.3) is 0 Å². The summed E-state index contributed by atoms with van der Waals surface area (Å²) in [4.78, 5) is 10.4. The molecule has 0 aromatic carbocycles. The summed E-state index contributed by atoms with van der Waals surface area (Å²) in [7, 11) is 0. The second-order valence-corrected chi connectivity index (χ2v) is 3.53. The zero-order valence-corrected chi connectivity index (χ0v) is 7.72. The van der Waals surface area contributed by atoms with Crippen molar-refractivity contribution >= 4 is 34.0 Å². The quantitative estimate of drug-likeness (QED) is 0.482. The molecule has 0 rings (SSSR count). The smallest absolute Gasteiger partial charge is 0.140 e. The molecule has 0 saturated carbocycles. The molecule has 0 spiro atoms. The third-order valence-electron chi connectivity index (χ3n) is 0.720. The van der Waals surface area contributed by atoms with Crippen LogP contribution in [0.4, 0.5) is 0 Å². The van der Waals surface area contributed by atoms with Crippen molar-refractivity contribution in [2.75, 3.05) is 5.75 Å². The molecule has 0 aromatic rings. The van der Waals surface area contributed by atoms with E-state index in [9.17, 15) is 4.79 Å². The fourth-order valence-corrected chi connectivity index (χ4v) is 1.25. The Morgan fingerprint density at radius 2 is 2.30 bits per heavy atom. The minimum absolute atomic E-state index is 0.164. The molecule has 0 radical (unpaired) electrons. The van der Waals surface area contributed by atoms with Gasteiger partial charge in [-0.1, -0.05) is 18.3 Å². The van der Waals surface area contributed by atoms with E-state index in [4.69, 9.17) is 12.2 Å². The van der Waals surface area contributed by atoms with Crippen molar-refractivity contribution in [1.29, 1.82) is 0 Å². The summed E-state index contributed by atoms with van der Waals surface area (Å²) >= 11 is 6.30. The number of allylic oxidation sites excluding steroid dienone is 1. The highest BCUT2D eigenvalue weighted by molar-refractivity contribution is 8.23. The van der Waals surface area contributed by atoms with Crippen molar-refractivity contribution in [2.24, 2.45) is 0 Å². The van der Waals surface area contributed by atoms with E-state index in [0.29, 0.717) is 5.75 Å². The summed E-state index contributed by atoms with van der Waals surface area (Å²) < 4.78 is 0.776. The van der Waals surface area contributed by atoms with Gasteiger partial charge in [0.15, 0.2) is 0 Å². The largest absolute Gasteiger partial charge is 0.299 e. The van der Waals surface area contributed by atoms with Gasteiger partial charge in [0.2, 0.25) is 0 Å². The molecule has 3 heteroatoms. The lowest BCUT2D eigenvalue weighted by molar-refractivity contribution is -0.114. The normalized spacial score (nSPS) is 10.2. The van der Waals surface area contributed by atoms with Gasteiger partial charge >= 0.3 is 0 Å². The molecular formula is C7H10OS2. The van der Waals surface area contributed by atoms with Gasteiger partial charge in [0.25, 0.3) is 0 Å². The molecule has 56 valence electrons. The van der Waals surface area contributed by atoms with Gasteiger partial charge in [-0.15, -0.1) is 11.8 Å². The predicted molar refractivity (Wildman–Crippen MR) is 50.6 cm³/mol. The lowest BCUT2D eigenvalue weighted by Crippen LogP contribution is -1.95. The highest BCUT2D eigenvalue weighted by Gasteiger charge is 1.94. The molecule has 0 saturated heterocycles. The van der Waals surface area contributed by atoms with E-state index in [1.165, 1.54) is 11.8 Å². The first-order chi connectivity index (χ1) is 4.66. The van der Waals surface area contributed by atoms with Crippen LogP contribution in [0, 0.1) is 0 Å². The lowest BCUT2D eigenvalue weighted by Gasteiger charge is -1.92. The molecule has 0 bridgehead atoms. The summed E-state index contributed by atoms with van der Waals surface area (Å²) in [5, 5.41) is 0. The zero-order valence-electron chi connectivity index (χ0n) is 6.09. The Hall–Kier alpha value is -0.150. The maximum Gasteiger partial charge on any atom is 0.140 e. The Morgan fingerprint density at radius 1 is 1.70 bits per heavy atom. The van der Waals surface area contributed by atoms with E-state index in [1.807, 2.05) is 19.1 Å². The number of rotatable bonds is 3. The summed E-state index contributed by atoms with van der Waals surface area (Å²) in [5.41, 5.74) is 0. The van der Waals surface area contributed by atoms with E-state index in [0.717, 1.165) is 4.20 Å². The molecule has 0 atom stereocenters. The van der Waals surface area contributed by atoms with Crippen molar-refractivity contribution in [2.45, 2.75) is 13.8 Å². The molecule has 1 nitrogen and oxygen atoms in total. The van der Waals surface area contributed by atoms with Crippen molar-refractivity contribution in [3.63, 3.8) is 0 Å². The van der Waals surface area contributed by atoms with E-state index in [2.05, 4.69) is 0 Å². The molecule has 0 aromatic heterocycles. The fraction of sp³-hybridized carbons (Fsp3) is 0.429. The van der Waals surface area contributed by atoms with Crippen molar-refractivity contribution in [3.8, 4) is 0 Å². The summed E-state index contributed by atoms with van der Waals surface area (Å²) in [5.74, 6) is 0.653. The third kappa shape index (κ3) is 5.98. The number of carbonyl (C=O) groups excluding carboxylic acids is 1. The van der Waals surface area contributed by atoms with Crippen LogP contribution in [0.5, 0.6) is 0 Å². The minimum Gasteiger partial charge on any atom is -0.299 e. The minimum atomic E-state index is 0.164.